The topological polar surface area (TPSA) is 185 Å². The number of pyridine rings is 1. The molecule has 0 spiro atoms. The highest BCUT2D eigenvalue weighted by Crippen LogP contribution is 2.43. The van der Waals surface area contributed by atoms with Gasteiger partial charge in [-0.05, 0) is 18.2 Å². The van der Waals surface area contributed by atoms with E-state index in [0.717, 1.165) is 36.6 Å². The van der Waals surface area contributed by atoms with Crippen molar-refractivity contribution < 1.29 is 52.5 Å². The molecule has 0 bridgehead atoms. The first-order valence-corrected chi connectivity index (χ1v) is 15.3. The van der Waals surface area contributed by atoms with E-state index in [0.29, 0.717) is 16.5 Å². The average molecular weight is 673 g/mol. The van der Waals surface area contributed by atoms with Crippen LogP contribution in [0.1, 0.15) is 45.0 Å². The minimum Gasteiger partial charge on any atom is -0.463 e. The molecule has 2 aliphatic rings. The van der Waals surface area contributed by atoms with Crippen LogP contribution in [0.5, 0.6) is 0 Å². The Morgan fingerprint density at radius 3 is 2.08 bits per heavy atom. The number of carbonyl (C=O) groups is 6. The Hall–Kier alpha value is -5.83. The van der Waals surface area contributed by atoms with Crippen molar-refractivity contribution in [1.29, 1.82) is 0 Å². The van der Waals surface area contributed by atoms with Gasteiger partial charge >= 0.3 is 23.9 Å². The van der Waals surface area contributed by atoms with Crippen molar-refractivity contribution in [3.05, 3.63) is 66.1 Å². The molecule has 2 aliphatic heterocycles. The highest BCUT2D eigenvalue weighted by molar-refractivity contribution is 6.50. The lowest BCUT2D eigenvalue weighted by atomic mass is 9.96. The molecule has 49 heavy (non-hydrogen) atoms. The summed E-state index contributed by atoms with van der Waals surface area (Å²) in [4.78, 5) is 85.2. The number of hydrogen-bond donors (Lipinski definition) is 1. The van der Waals surface area contributed by atoms with Crippen LogP contribution in [0.2, 0.25) is 0 Å². The maximum Gasteiger partial charge on any atom is 0.303 e. The van der Waals surface area contributed by atoms with Crippen molar-refractivity contribution in [3.8, 4) is 0 Å². The van der Waals surface area contributed by atoms with E-state index in [1.807, 2.05) is 24.3 Å². The number of imide groups is 1. The van der Waals surface area contributed by atoms with Crippen molar-refractivity contribution in [3.63, 3.8) is 0 Å². The first-order chi connectivity index (χ1) is 23.4. The van der Waals surface area contributed by atoms with Gasteiger partial charge in [0, 0.05) is 80.7 Å². The molecular formula is C34H32N4O11. The number of carbonyl (C=O) groups excluding carboxylic acids is 6. The lowest BCUT2D eigenvalue weighted by Crippen LogP contribution is -2.60. The molecule has 3 aromatic heterocycles. The summed E-state index contributed by atoms with van der Waals surface area (Å²) in [7, 11) is 1.39. The van der Waals surface area contributed by atoms with E-state index in [1.54, 1.807) is 18.3 Å². The molecule has 15 heteroatoms. The zero-order chi connectivity index (χ0) is 35.1. The second kappa shape index (κ2) is 13.0. The maximum atomic E-state index is 13.9. The number of nitrogens with one attached hydrogen (secondary N) is 1. The number of rotatable bonds is 8. The Balaban J connectivity index is 1.58. The van der Waals surface area contributed by atoms with Gasteiger partial charge in [0.05, 0.1) is 11.1 Å². The summed E-state index contributed by atoms with van der Waals surface area (Å²) in [6, 6.07) is 10.7. The number of para-hydroxylation sites is 1. The number of hydrogen-bond acceptors (Lipinski definition) is 12. The van der Waals surface area contributed by atoms with Crippen LogP contribution >= 0.6 is 0 Å². The van der Waals surface area contributed by atoms with Gasteiger partial charge in [-0.2, -0.15) is 0 Å². The Kier molecular flexibility index (Phi) is 8.77. The van der Waals surface area contributed by atoms with Crippen LogP contribution in [0.15, 0.2) is 55.0 Å². The number of aromatic amines is 1. The molecule has 254 valence electrons. The number of benzene rings is 1. The number of esters is 4. The normalized spacial score (nSPS) is 22.5. The van der Waals surface area contributed by atoms with Gasteiger partial charge in [0.2, 0.25) is 0 Å². The second-order valence-electron chi connectivity index (χ2n) is 11.6. The Labute approximate surface area is 278 Å². The fourth-order valence-corrected chi connectivity index (χ4v) is 6.32. The van der Waals surface area contributed by atoms with Gasteiger partial charge in [-0.25, -0.2) is 4.98 Å². The van der Waals surface area contributed by atoms with E-state index in [-0.39, 0.29) is 16.8 Å². The Morgan fingerprint density at radius 2 is 1.41 bits per heavy atom. The van der Waals surface area contributed by atoms with Gasteiger partial charge < -0.3 is 33.2 Å². The molecule has 0 radical (unpaired) electrons. The molecule has 1 aromatic carbocycles. The molecule has 1 saturated heterocycles. The molecule has 1 unspecified atom stereocenters. The van der Waals surface area contributed by atoms with Crippen molar-refractivity contribution in [1.82, 2.24) is 19.4 Å². The first kappa shape index (κ1) is 33.1. The van der Waals surface area contributed by atoms with Crippen molar-refractivity contribution in [2.24, 2.45) is 0 Å². The summed E-state index contributed by atoms with van der Waals surface area (Å²) in [5, 5.41) is 1.17. The third-order valence-corrected chi connectivity index (χ3v) is 8.24. The zero-order valence-electron chi connectivity index (χ0n) is 27.1. The lowest BCUT2D eigenvalue weighted by Gasteiger charge is -2.44. The molecule has 0 aliphatic carbocycles. The molecule has 6 rings (SSSR count). The van der Waals surface area contributed by atoms with Crippen LogP contribution in [-0.2, 0) is 52.5 Å². The molecule has 15 nitrogen and oxygen atoms in total. The van der Waals surface area contributed by atoms with Gasteiger partial charge in [0.15, 0.2) is 24.5 Å². The summed E-state index contributed by atoms with van der Waals surface area (Å²) in [5.41, 5.74) is 2.11. The van der Waals surface area contributed by atoms with Crippen LogP contribution in [0, 0.1) is 0 Å². The predicted octanol–water partition coefficient (Wildman–Crippen LogP) is 2.68. The molecule has 5 atom stereocenters. The number of nitrogens with zero attached hydrogens (tertiary/aromatic N) is 3. The molecule has 0 saturated carbocycles. The van der Waals surface area contributed by atoms with Crippen LogP contribution in [0.4, 0.5) is 0 Å². The standard InChI is InChI=1S/C34H32N4O11/c1-16(39)45-15-25-28(46-17(2)40)29(47-18(3)41)30(48-19(4)42)34(49-25)38-14-23(21-10-8-12-35-31(21)38)27-26(32(43)37(5)33(27)44)22-13-36-24-11-7-6-9-20(22)24/h6-14,25,28-30,34,36H,15H2,1-5H3/t25-,28-,29+,30-,34?/m1/s1. The molecule has 2 amide bonds. The van der Waals surface area contributed by atoms with Crippen molar-refractivity contribution in [2.45, 2.75) is 58.3 Å². The van der Waals surface area contributed by atoms with Gasteiger partial charge in [-0.15, -0.1) is 0 Å². The number of amides is 2. The summed E-state index contributed by atoms with van der Waals surface area (Å²) < 4.78 is 29.9. The molecule has 4 aromatic rings. The third kappa shape index (κ3) is 6.04. The Bertz CT molecular complexity index is 2060. The highest BCUT2D eigenvalue weighted by atomic mass is 16.7. The van der Waals surface area contributed by atoms with E-state index < -0.39 is 72.9 Å². The largest absolute Gasteiger partial charge is 0.463 e. The minimum absolute atomic E-state index is 0.0969. The van der Waals surface area contributed by atoms with E-state index in [2.05, 4.69) is 9.97 Å². The molecule has 5 heterocycles. The SMILES string of the molecule is CC(=O)OC[C@H]1OC(n2cc(C3=C(c4c[nH]c5ccccc45)C(=O)N(C)C3=O)c3cccnc32)[C@H](OC(C)=O)[C@@H](OC(C)=O)[C@@H]1OC(C)=O. The predicted molar refractivity (Wildman–Crippen MR) is 170 cm³/mol. The lowest BCUT2D eigenvalue weighted by molar-refractivity contribution is -0.267. The first-order valence-electron chi connectivity index (χ1n) is 15.3. The summed E-state index contributed by atoms with van der Waals surface area (Å²) in [6.45, 7) is 4.15. The fourth-order valence-electron chi connectivity index (χ4n) is 6.32. The number of aromatic nitrogens is 3. The zero-order valence-corrected chi connectivity index (χ0v) is 27.1. The Morgan fingerprint density at radius 1 is 0.796 bits per heavy atom. The van der Waals surface area contributed by atoms with Crippen LogP contribution < -0.4 is 0 Å². The number of ether oxygens (including phenoxy) is 5. The van der Waals surface area contributed by atoms with E-state index in [1.165, 1.54) is 30.9 Å². The minimum atomic E-state index is -1.43. The molecule has 1 N–H and O–H groups in total. The third-order valence-electron chi connectivity index (χ3n) is 8.24. The maximum absolute atomic E-state index is 13.9. The molecular weight excluding hydrogens is 640 g/mol. The number of likely N-dealkylation sites (N-methyl/N-ethyl adjacent to an activating group) is 1. The van der Waals surface area contributed by atoms with Crippen molar-refractivity contribution >= 4 is 68.8 Å². The monoisotopic (exact) mass is 672 g/mol. The fraction of sp³-hybridized carbons (Fsp3) is 0.324. The van der Waals surface area contributed by atoms with Crippen molar-refractivity contribution in [2.75, 3.05) is 13.7 Å². The summed E-state index contributed by atoms with van der Waals surface area (Å²) >= 11 is 0. The van der Waals surface area contributed by atoms with Gasteiger partial charge in [0.25, 0.3) is 11.8 Å². The average Bonchev–Trinajstić information content (AvgIpc) is 3.70. The number of fused-ring (bicyclic) bond motifs is 2. The van der Waals surface area contributed by atoms with Gasteiger partial charge in [0.1, 0.15) is 18.4 Å². The van der Waals surface area contributed by atoms with E-state index in [4.69, 9.17) is 23.7 Å². The quantitative estimate of drug-likeness (QED) is 0.164. The van der Waals surface area contributed by atoms with Gasteiger partial charge in [-0.3, -0.25) is 33.7 Å². The van der Waals surface area contributed by atoms with Crippen LogP contribution in [0.25, 0.3) is 33.1 Å². The van der Waals surface area contributed by atoms with E-state index in [9.17, 15) is 28.8 Å². The van der Waals surface area contributed by atoms with Crippen LogP contribution in [0.3, 0.4) is 0 Å². The summed E-state index contributed by atoms with van der Waals surface area (Å²) in [6.07, 6.45) is -2.10. The number of H-pyrrole nitrogens is 1. The second-order valence-corrected chi connectivity index (χ2v) is 11.6. The van der Waals surface area contributed by atoms with Crippen LogP contribution in [-0.4, -0.2) is 93.2 Å². The van der Waals surface area contributed by atoms with Gasteiger partial charge in [-0.1, -0.05) is 18.2 Å². The molecule has 1 fully saturated rings. The smallest absolute Gasteiger partial charge is 0.303 e. The summed E-state index contributed by atoms with van der Waals surface area (Å²) in [5.74, 6) is -4.05. The van der Waals surface area contributed by atoms with E-state index >= 15 is 0 Å². The highest BCUT2D eigenvalue weighted by Gasteiger charge is 2.53.